The number of alkyl carbamates (subject to hydrolysis) is 1. The molecule has 3 rings (SSSR count). The number of fused-ring (bicyclic) bond motifs is 1. The van der Waals surface area contributed by atoms with Crippen molar-refractivity contribution >= 4 is 33.6 Å². The number of rotatable bonds is 5. The summed E-state index contributed by atoms with van der Waals surface area (Å²) in [5.74, 6) is -0.137. The molecule has 0 atom stereocenters. The quantitative estimate of drug-likeness (QED) is 0.698. The van der Waals surface area contributed by atoms with Gasteiger partial charge in [-0.05, 0) is 60.5 Å². The van der Waals surface area contributed by atoms with Crippen LogP contribution in [0.3, 0.4) is 0 Å². The average molecular weight is 435 g/mol. The van der Waals surface area contributed by atoms with Gasteiger partial charge >= 0.3 is 6.09 Å². The van der Waals surface area contributed by atoms with E-state index in [0.717, 1.165) is 28.8 Å². The number of carbonyl (C=O) groups is 2. The summed E-state index contributed by atoms with van der Waals surface area (Å²) >= 11 is 1.50. The first-order chi connectivity index (χ1) is 14.0. The number of nitrogens with one attached hydrogen (secondary N) is 2. The normalized spacial score (nSPS) is 15.9. The monoisotopic (exact) mass is 434 g/mol. The van der Waals surface area contributed by atoms with Crippen molar-refractivity contribution in [2.24, 2.45) is 0 Å². The maximum absolute atomic E-state index is 12.9. The maximum Gasteiger partial charge on any atom is 0.407 e. The van der Waals surface area contributed by atoms with Crippen LogP contribution in [0.4, 0.5) is 4.79 Å². The summed E-state index contributed by atoms with van der Waals surface area (Å²) in [6.45, 7) is 11.5. The molecule has 1 aliphatic rings. The van der Waals surface area contributed by atoms with E-state index in [0.29, 0.717) is 10.9 Å². The van der Waals surface area contributed by atoms with E-state index in [1.54, 1.807) is 0 Å². The Balaban J connectivity index is 1.68. The zero-order chi connectivity index (χ0) is 22.1. The van der Waals surface area contributed by atoms with Gasteiger partial charge in [-0.25, -0.2) is 4.79 Å². The second-order valence-electron chi connectivity index (χ2n) is 9.84. The van der Waals surface area contributed by atoms with Crippen LogP contribution in [0.1, 0.15) is 88.1 Å². The zero-order valence-corrected chi connectivity index (χ0v) is 19.7. The van der Waals surface area contributed by atoms with Gasteiger partial charge in [0.25, 0.3) is 5.91 Å². The van der Waals surface area contributed by atoms with E-state index in [1.807, 2.05) is 47.6 Å². The van der Waals surface area contributed by atoms with Crippen LogP contribution < -0.4 is 10.6 Å². The first-order valence-electron chi connectivity index (χ1n) is 10.7. The third-order valence-corrected chi connectivity index (χ3v) is 6.36. The molecule has 2 amide bonds. The average Bonchev–Trinajstić information content (AvgIpc) is 3.20. The molecule has 7 nitrogen and oxygen atoms in total. The minimum absolute atomic E-state index is 0.137. The summed E-state index contributed by atoms with van der Waals surface area (Å²) in [6, 6.07) is 2.37. The fourth-order valence-corrected chi connectivity index (χ4v) is 4.91. The molecule has 166 valence electrons. The molecule has 8 heteroatoms. The van der Waals surface area contributed by atoms with Gasteiger partial charge in [0, 0.05) is 11.9 Å². The van der Waals surface area contributed by atoms with E-state index in [1.165, 1.54) is 30.6 Å². The van der Waals surface area contributed by atoms with Crippen LogP contribution in [0.5, 0.6) is 0 Å². The van der Waals surface area contributed by atoms with E-state index in [-0.39, 0.29) is 12.5 Å². The number of aromatic nitrogens is 2. The highest BCUT2D eigenvalue weighted by Crippen LogP contribution is 2.35. The number of hydrogen-bond donors (Lipinski definition) is 2. The van der Waals surface area contributed by atoms with Crippen molar-refractivity contribution in [2.75, 3.05) is 6.54 Å². The van der Waals surface area contributed by atoms with Crippen LogP contribution in [-0.2, 0) is 4.74 Å². The van der Waals surface area contributed by atoms with Crippen LogP contribution in [0.2, 0.25) is 0 Å². The molecule has 0 unspecified atom stereocenters. The molecular weight excluding hydrogens is 400 g/mol. The Bertz CT molecular complexity index is 917. The Kier molecular flexibility index (Phi) is 6.45. The number of nitrogens with zero attached hydrogens (tertiary/aromatic N) is 2. The van der Waals surface area contributed by atoms with Gasteiger partial charge in [-0.15, -0.1) is 11.3 Å². The van der Waals surface area contributed by atoms with Crippen molar-refractivity contribution in [2.45, 2.75) is 90.8 Å². The predicted octanol–water partition coefficient (Wildman–Crippen LogP) is 4.94. The molecular formula is C22H34N4O3S. The van der Waals surface area contributed by atoms with Gasteiger partial charge < -0.3 is 15.4 Å². The molecule has 0 aromatic carbocycles. The van der Waals surface area contributed by atoms with Crippen LogP contribution in [0, 0.1) is 6.92 Å². The first-order valence-corrected chi connectivity index (χ1v) is 11.5. The minimum Gasteiger partial charge on any atom is -0.444 e. The molecule has 0 radical (unpaired) electrons. The lowest BCUT2D eigenvalue weighted by Crippen LogP contribution is -2.51. The summed E-state index contributed by atoms with van der Waals surface area (Å²) in [7, 11) is 0. The van der Waals surface area contributed by atoms with Gasteiger partial charge in [-0.2, -0.15) is 5.10 Å². The van der Waals surface area contributed by atoms with Crippen molar-refractivity contribution in [3.8, 4) is 0 Å². The standard InChI is InChI=1S/C22H34N4O3S/c1-14-16-12-17(30-19(16)26(25-14)15-10-8-7-9-11-15)18(27)24-22(5,6)13-23-20(28)29-21(2,3)4/h12,15H,7-11,13H2,1-6H3,(H,23,28)(H,24,27). The lowest BCUT2D eigenvalue weighted by atomic mass is 9.96. The summed E-state index contributed by atoms with van der Waals surface area (Å²) in [5.41, 5.74) is -0.204. The van der Waals surface area contributed by atoms with Crippen LogP contribution in [0.25, 0.3) is 10.2 Å². The van der Waals surface area contributed by atoms with Gasteiger partial charge in [0.2, 0.25) is 0 Å². The molecule has 1 saturated carbocycles. The molecule has 0 saturated heterocycles. The van der Waals surface area contributed by atoms with E-state index in [4.69, 9.17) is 9.84 Å². The number of hydrogen-bond acceptors (Lipinski definition) is 5. The number of amides is 2. The van der Waals surface area contributed by atoms with Gasteiger partial charge in [-0.1, -0.05) is 19.3 Å². The largest absolute Gasteiger partial charge is 0.444 e. The van der Waals surface area contributed by atoms with Crippen molar-refractivity contribution < 1.29 is 14.3 Å². The van der Waals surface area contributed by atoms with Gasteiger partial charge in [-0.3, -0.25) is 9.48 Å². The Morgan fingerprint density at radius 2 is 1.87 bits per heavy atom. The molecule has 1 aliphatic carbocycles. The molecule has 2 N–H and O–H groups in total. The summed E-state index contributed by atoms with van der Waals surface area (Å²) < 4.78 is 7.41. The molecule has 0 spiro atoms. The van der Waals surface area contributed by atoms with E-state index >= 15 is 0 Å². The molecule has 0 aliphatic heterocycles. The topological polar surface area (TPSA) is 85.3 Å². The number of thiophene rings is 1. The Labute approximate surface area is 182 Å². The molecule has 2 aromatic rings. The van der Waals surface area contributed by atoms with Crippen LogP contribution >= 0.6 is 11.3 Å². The second-order valence-corrected chi connectivity index (χ2v) is 10.9. The van der Waals surface area contributed by atoms with E-state index in [2.05, 4.69) is 15.3 Å². The smallest absolute Gasteiger partial charge is 0.407 e. The summed E-state index contributed by atoms with van der Waals surface area (Å²) in [6.07, 6.45) is 5.59. The Morgan fingerprint density at radius 3 is 2.50 bits per heavy atom. The highest BCUT2D eigenvalue weighted by atomic mass is 32.1. The van der Waals surface area contributed by atoms with Gasteiger partial charge in [0.15, 0.2) is 0 Å². The lowest BCUT2D eigenvalue weighted by molar-refractivity contribution is 0.0510. The van der Waals surface area contributed by atoms with Crippen molar-refractivity contribution in [1.82, 2.24) is 20.4 Å². The number of carbonyl (C=O) groups excluding carboxylic acids is 2. The molecule has 2 aromatic heterocycles. The number of aryl methyl sites for hydroxylation is 1. The minimum atomic E-state index is -0.616. The zero-order valence-electron chi connectivity index (χ0n) is 18.9. The third kappa shape index (κ3) is 5.53. The first kappa shape index (κ1) is 22.6. The summed E-state index contributed by atoms with van der Waals surface area (Å²) in [5, 5.41) is 11.6. The van der Waals surface area contributed by atoms with Crippen LogP contribution in [-0.4, -0.2) is 39.5 Å². The van der Waals surface area contributed by atoms with E-state index in [9.17, 15) is 9.59 Å². The highest BCUT2D eigenvalue weighted by molar-refractivity contribution is 7.20. The third-order valence-electron chi connectivity index (χ3n) is 5.24. The SMILES string of the molecule is Cc1nn(C2CCCCC2)c2sc(C(=O)NC(C)(C)CNC(=O)OC(C)(C)C)cc12. The van der Waals surface area contributed by atoms with Gasteiger partial charge in [0.1, 0.15) is 10.4 Å². The maximum atomic E-state index is 12.9. The van der Waals surface area contributed by atoms with Crippen LogP contribution in [0.15, 0.2) is 6.07 Å². The molecule has 0 bridgehead atoms. The Hall–Kier alpha value is -2.09. The fourth-order valence-electron chi connectivity index (χ4n) is 3.78. The second kappa shape index (κ2) is 8.57. The van der Waals surface area contributed by atoms with Crippen molar-refractivity contribution in [3.05, 3.63) is 16.6 Å². The molecule has 30 heavy (non-hydrogen) atoms. The van der Waals surface area contributed by atoms with Crippen molar-refractivity contribution in [1.29, 1.82) is 0 Å². The van der Waals surface area contributed by atoms with Crippen molar-refractivity contribution in [3.63, 3.8) is 0 Å². The number of ether oxygens (including phenoxy) is 1. The molecule has 2 heterocycles. The Morgan fingerprint density at radius 1 is 1.20 bits per heavy atom. The summed E-state index contributed by atoms with van der Waals surface area (Å²) in [4.78, 5) is 26.6. The van der Waals surface area contributed by atoms with Gasteiger partial charge in [0.05, 0.1) is 22.2 Å². The predicted molar refractivity (Wildman–Crippen MR) is 120 cm³/mol. The highest BCUT2D eigenvalue weighted by Gasteiger charge is 2.27. The fraction of sp³-hybridized carbons (Fsp3) is 0.682. The van der Waals surface area contributed by atoms with E-state index < -0.39 is 17.2 Å². The molecule has 1 fully saturated rings. The lowest BCUT2D eigenvalue weighted by Gasteiger charge is -2.27.